The topological polar surface area (TPSA) is 60.5 Å². The first kappa shape index (κ1) is 22.8. The molecule has 5 nitrogen and oxygen atoms in total. The van der Waals surface area contributed by atoms with Crippen LogP contribution in [-0.2, 0) is 0 Å². The maximum atomic E-state index is 13.5. The maximum absolute atomic E-state index is 13.5. The summed E-state index contributed by atoms with van der Waals surface area (Å²) in [5, 5.41) is 11.6. The lowest BCUT2D eigenvalue weighted by atomic mass is 9.91. The van der Waals surface area contributed by atoms with Crippen LogP contribution in [0.25, 0.3) is 22.0 Å². The zero-order chi connectivity index (χ0) is 23.8. The maximum Gasteiger partial charge on any atom is 0.258 e. The van der Waals surface area contributed by atoms with Gasteiger partial charge in [0.15, 0.2) is 5.11 Å². The van der Waals surface area contributed by atoms with Gasteiger partial charge in [-0.2, -0.15) is 5.10 Å². The smallest absolute Gasteiger partial charge is 0.258 e. The Balaban J connectivity index is 1.76. The van der Waals surface area contributed by atoms with E-state index >= 15 is 0 Å². The van der Waals surface area contributed by atoms with Gasteiger partial charge in [-0.15, -0.1) is 0 Å². The summed E-state index contributed by atoms with van der Waals surface area (Å²) >= 11 is 15.7. The standard InChI is InChI=1S/C26H20BrClN4OS/c1-29-26(34)32-22(17-9-5-6-10-19(17)28)14-21(31-32)24-23(15-7-3-2-4-8-15)18-13-16(27)11-12-20(18)30-25(24)33/h2-13,22H,14H2,1H3,(H,29,34)(H,30,33). The predicted octanol–water partition coefficient (Wildman–Crippen LogP) is 6.27. The summed E-state index contributed by atoms with van der Waals surface area (Å²) < 4.78 is 0.926. The number of hydrogen-bond donors (Lipinski definition) is 2. The van der Waals surface area contributed by atoms with Crippen molar-refractivity contribution in [3.63, 3.8) is 0 Å². The second-order valence-electron chi connectivity index (χ2n) is 7.95. The molecule has 1 aromatic heterocycles. The van der Waals surface area contributed by atoms with Gasteiger partial charge in [0.1, 0.15) is 0 Å². The van der Waals surface area contributed by atoms with Gasteiger partial charge in [-0.1, -0.05) is 76.1 Å². The van der Waals surface area contributed by atoms with Crippen molar-refractivity contribution < 1.29 is 0 Å². The van der Waals surface area contributed by atoms with Gasteiger partial charge < -0.3 is 10.3 Å². The monoisotopic (exact) mass is 550 g/mol. The zero-order valence-corrected chi connectivity index (χ0v) is 21.3. The molecule has 0 amide bonds. The van der Waals surface area contributed by atoms with E-state index in [1.807, 2.05) is 72.8 Å². The number of rotatable bonds is 3. The highest BCUT2D eigenvalue weighted by molar-refractivity contribution is 9.10. The van der Waals surface area contributed by atoms with Crippen LogP contribution in [-0.4, -0.2) is 27.9 Å². The number of thiocarbonyl (C=S) groups is 1. The van der Waals surface area contributed by atoms with Crippen molar-refractivity contribution in [2.24, 2.45) is 5.10 Å². The number of halogens is 2. The molecule has 34 heavy (non-hydrogen) atoms. The molecular formula is C26H20BrClN4OS. The fraction of sp³-hybridized carbons (Fsp3) is 0.115. The Hall–Kier alpha value is -3.00. The van der Waals surface area contributed by atoms with Gasteiger partial charge in [-0.25, -0.2) is 5.01 Å². The van der Waals surface area contributed by atoms with Crippen LogP contribution in [0, 0.1) is 0 Å². The van der Waals surface area contributed by atoms with Gasteiger partial charge in [0.05, 0.1) is 17.3 Å². The van der Waals surface area contributed by atoms with Crippen molar-refractivity contribution in [2.75, 3.05) is 7.05 Å². The van der Waals surface area contributed by atoms with Crippen molar-refractivity contribution in [2.45, 2.75) is 12.5 Å². The van der Waals surface area contributed by atoms with E-state index in [-0.39, 0.29) is 11.6 Å². The minimum atomic E-state index is -0.232. The van der Waals surface area contributed by atoms with Crippen LogP contribution < -0.4 is 10.9 Å². The van der Waals surface area contributed by atoms with Crippen molar-refractivity contribution in [1.29, 1.82) is 0 Å². The third-order valence-corrected chi connectivity index (χ3v) is 7.15. The minimum absolute atomic E-state index is 0.192. The molecule has 1 atom stereocenters. The van der Waals surface area contributed by atoms with E-state index in [0.717, 1.165) is 32.1 Å². The number of benzene rings is 3. The highest BCUT2D eigenvalue weighted by Gasteiger charge is 2.34. The average molecular weight is 552 g/mol. The third-order valence-electron chi connectivity index (χ3n) is 5.92. The van der Waals surface area contributed by atoms with Gasteiger partial charge in [0, 0.05) is 39.4 Å². The number of nitrogens with zero attached hydrogens (tertiary/aromatic N) is 2. The van der Waals surface area contributed by atoms with E-state index in [0.29, 0.717) is 27.8 Å². The Bertz CT molecular complexity index is 1500. The summed E-state index contributed by atoms with van der Waals surface area (Å²) in [7, 11) is 1.76. The molecule has 0 bridgehead atoms. The van der Waals surface area contributed by atoms with Crippen molar-refractivity contribution in [1.82, 2.24) is 15.3 Å². The Morgan fingerprint density at radius 2 is 1.85 bits per heavy atom. The molecule has 0 aliphatic carbocycles. The SMILES string of the molecule is CNC(=S)N1N=C(c2c(-c3ccccc3)c3cc(Br)ccc3[nH]c2=O)CC1c1ccccc1Cl. The van der Waals surface area contributed by atoms with E-state index in [9.17, 15) is 4.79 Å². The normalized spacial score (nSPS) is 15.4. The van der Waals surface area contributed by atoms with Crippen LogP contribution in [0.1, 0.15) is 23.6 Å². The second-order valence-corrected chi connectivity index (χ2v) is 9.66. The molecule has 1 unspecified atom stereocenters. The number of H-pyrrole nitrogens is 1. The molecule has 2 N–H and O–H groups in total. The number of nitrogens with one attached hydrogen (secondary N) is 2. The van der Waals surface area contributed by atoms with E-state index in [4.69, 9.17) is 28.9 Å². The van der Waals surface area contributed by atoms with Crippen LogP contribution in [0.2, 0.25) is 5.02 Å². The molecule has 8 heteroatoms. The first-order valence-corrected chi connectivity index (χ1v) is 12.3. The minimum Gasteiger partial charge on any atom is -0.364 e. The summed E-state index contributed by atoms with van der Waals surface area (Å²) in [6.07, 6.45) is 0.480. The summed E-state index contributed by atoms with van der Waals surface area (Å²) in [5.74, 6) is 0. The molecular weight excluding hydrogens is 532 g/mol. The number of pyridine rings is 1. The lowest BCUT2D eigenvalue weighted by Crippen LogP contribution is -2.34. The lowest BCUT2D eigenvalue weighted by molar-refractivity contribution is 0.367. The second kappa shape index (κ2) is 9.33. The average Bonchev–Trinajstić information content (AvgIpc) is 3.28. The molecule has 1 aliphatic rings. The lowest BCUT2D eigenvalue weighted by Gasteiger charge is -2.24. The summed E-state index contributed by atoms with van der Waals surface area (Å²) in [5.41, 5.74) is 4.46. The van der Waals surface area contributed by atoms with Crippen LogP contribution in [0.4, 0.5) is 0 Å². The number of fused-ring (bicyclic) bond motifs is 1. The molecule has 4 aromatic rings. The Morgan fingerprint density at radius 3 is 2.59 bits per heavy atom. The Kier molecular flexibility index (Phi) is 6.25. The highest BCUT2D eigenvalue weighted by Crippen LogP contribution is 2.39. The van der Waals surface area contributed by atoms with Crippen LogP contribution >= 0.6 is 39.7 Å². The van der Waals surface area contributed by atoms with Crippen molar-refractivity contribution >= 4 is 61.5 Å². The number of hydrogen-bond acceptors (Lipinski definition) is 3. The molecule has 1 aliphatic heterocycles. The van der Waals surface area contributed by atoms with Gasteiger partial charge in [0.2, 0.25) is 0 Å². The largest absolute Gasteiger partial charge is 0.364 e. The van der Waals surface area contributed by atoms with Crippen molar-refractivity contribution in [3.05, 3.63) is 104 Å². The Labute approximate surface area is 215 Å². The quantitative estimate of drug-likeness (QED) is 0.295. The molecule has 170 valence electrons. The summed E-state index contributed by atoms with van der Waals surface area (Å²) in [6.45, 7) is 0. The molecule has 3 aromatic carbocycles. The molecule has 2 heterocycles. The molecule has 0 saturated heterocycles. The van der Waals surface area contributed by atoms with Gasteiger partial charge in [0.25, 0.3) is 5.56 Å². The van der Waals surface area contributed by atoms with Gasteiger partial charge in [-0.3, -0.25) is 4.79 Å². The van der Waals surface area contributed by atoms with Crippen LogP contribution in [0.5, 0.6) is 0 Å². The van der Waals surface area contributed by atoms with Crippen LogP contribution in [0.15, 0.2) is 87.2 Å². The van der Waals surface area contributed by atoms with Gasteiger partial charge in [-0.05, 0) is 47.6 Å². The van der Waals surface area contributed by atoms with Crippen LogP contribution in [0.3, 0.4) is 0 Å². The van der Waals surface area contributed by atoms with E-state index in [1.165, 1.54) is 0 Å². The molecule has 5 rings (SSSR count). The van der Waals surface area contributed by atoms with Gasteiger partial charge >= 0.3 is 0 Å². The Morgan fingerprint density at radius 1 is 1.12 bits per heavy atom. The summed E-state index contributed by atoms with van der Waals surface area (Å²) in [4.78, 5) is 16.6. The first-order valence-electron chi connectivity index (χ1n) is 10.7. The number of aromatic nitrogens is 1. The zero-order valence-electron chi connectivity index (χ0n) is 18.2. The van der Waals surface area contributed by atoms with E-state index < -0.39 is 0 Å². The number of aromatic amines is 1. The molecule has 0 fully saturated rings. The molecule has 0 saturated carbocycles. The highest BCUT2D eigenvalue weighted by atomic mass is 79.9. The van der Waals surface area contributed by atoms with E-state index in [1.54, 1.807) is 12.1 Å². The third kappa shape index (κ3) is 4.04. The number of hydrazone groups is 1. The van der Waals surface area contributed by atoms with E-state index in [2.05, 4.69) is 26.2 Å². The predicted molar refractivity (Wildman–Crippen MR) is 147 cm³/mol. The first-order chi connectivity index (χ1) is 16.5. The molecule has 0 radical (unpaired) electrons. The summed E-state index contributed by atoms with van der Waals surface area (Å²) in [6, 6.07) is 23.2. The van der Waals surface area contributed by atoms with Crippen molar-refractivity contribution in [3.8, 4) is 11.1 Å². The fourth-order valence-corrected chi connectivity index (χ4v) is 5.19. The molecule has 0 spiro atoms. The fourth-order valence-electron chi connectivity index (χ4n) is 4.40.